The largest absolute Gasteiger partial charge is 0.463 e. The minimum atomic E-state index is -0.156. The van der Waals surface area contributed by atoms with E-state index in [1.165, 1.54) is 6.07 Å². The highest BCUT2D eigenvalue weighted by Gasteiger charge is 2.24. The number of aliphatic imine (C=N–C) groups is 1. The summed E-state index contributed by atoms with van der Waals surface area (Å²) in [4.78, 5) is 4.57. The van der Waals surface area contributed by atoms with Crippen molar-refractivity contribution in [3.63, 3.8) is 0 Å². The van der Waals surface area contributed by atoms with Crippen molar-refractivity contribution in [3.05, 3.63) is 77.3 Å². The van der Waals surface area contributed by atoms with Gasteiger partial charge in [-0.15, -0.1) is 0 Å². The van der Waals surface area contributed by atoms with Gasteiger partial charge in [0.15, 0.2) is 0 Å². The Labute approximate surface area is 130 Å². The molecule has 1 aliphatic carbocycles. The van der Waals surface area contributed by atoms with Gasteiger partial charge < -0.3 is 4.74 Å². The molecule has 22 heavy (non-hydrogen) atoms. The average Bonchev–Trinajstić information content (AvgIpc) is 2.89. The third-order valence-electron chi connectivity index (χ3n) is 3.72. The van der Waals surface area contributed by atoms with E-state index < -0.39 is 0 Å². The lowest BCUT2D eigenvalue weighted by atomic mass is 10.1. The van der Waals surface area contributed by atoms with Crippen molar-refractivity contribution in [2.75, 3.05) is 0 Å². The highest BCUT2D eigenvalue weighted by molar-refractivity contribution is 5.80. The molecule has 0 spiro atoms. The molecule has 1 aliphatic rings. The summed E-state index contributed by atoms with van der Waals surface area (Å²) in [5.74, 6) is 1.21. The molecule has 0 aromatic heterocycles. The molecule has 0 heterocycles. The molecule has 1 atom stereocenters. The number of hydrogen-bond acceptors (Lipinski definition) is 2. The van der Waals surface area contributed by atoms with Gasteiger partial charge >= 0.3 is 0 Å². The Balaban J connectivity index is 1.80. The smallest absolute Gasteiger partial charge is 0.128 e. The maximum absolute atomic E-state index is 14.0. The number of hydrogen-bond donors (Lipinski definition) is 0. The second-order valence-electron chi connectivity index (χ2n) is 5.52. The van der Waals surface area contributed by atoms with Crippen LogP contribution in [0.25, 0.3) is 0 Å². The molecule has 0 fully saturated rings. The van der Waals surface area contributed by atoms with Crippen LogP contribution in [0.15, 0.2) is 59.8 Å². The predicted octanol–water partition coefficient (Wildman–Crippen LogP) is 4.84. The van der Waals surface area contributed by atoms with Crippen molar-refractivity contribution in [3.8, 4) is 5.75 Å². The maximum Gasteiger partial charge on any atom is 0.128 e. The van der Waals surface area contributed by atoms with Crippen LogP contribution in [-0.2, 0) is 6.42 Å². The van der Waals surface area contributed by atoms with E-state index in [2.05, 4.69) is 11.6 Å². The van der Waals surface area contributed by atoms with Gasteiger partial charge in [0.05, 0.1) is 11.8 Å². The van der Waals surface area contributed by atoms with Gasteiger partial charge in [-0.2, -0.15) is 0 Å². The van der Waals surface area contributed by atoms with Gasteiger partial charge in [0.2, 0.25) is 0 Å². The van der Waals surface area contributed by atoms with Crippen molar-refractivity contribution in [2.24, 2.45) is 4.99 Å². The van der Waals surface area contributed by atoms with Gasteiger partial charge in [-0.3, -0.25) is 4.99 Å². The number of benzene rings is 2. The summed E-state index contributed by atoms with van der Waals surface area (Å²) in [7, 11) is 0. The van der Waals surface area contributed by atoms with Crippen molar-refractivity contribution < 1.29 is 9.13 Å². The van der Waals surface area contributed by atoms with Crippen LogP contribution in [0.3, 0.4) is 0 Å². The molecule has 0 aliphatic heterocycles. The molecular formula is C19H18FNO. The van der Waals surface area contributed by atoms with Crippen molar-refractivity contribution in [1.29, 1.82) is 0 Å². The van der Waals surface area contributed by atoms with Gasteiger partial charge in [0.25, 0.3) is 0 Å². The summed E-state index contributed by atoms with van der Waals surface area (Å²) < 4.78 is 19.5. The van der Waals surface area contributed by atoms with E-state index in [1.807, 2.05) is 30.3 Å². The first-order valence-corrected chi connectivity index (χ1v) is 7.37. The Kier molecular flexibility index (Phi) is 4.05. The van der Waals surface area contributed by atoms with E-state index in [1.54, 1.807) is 19.2 Å². The number of rotatable bonds is 4. The summed E-state index contributed by atoms with van der Waals surface area (Å²) >= 11 is 0. The van der Waals surface area contributed by atoms with E-state index in [9.17, 15) is 4.39 Å². The van der Waals surface area contributed by atoms with E-state index in [-0.39, 0.29) is 11.9 Å². The molecule has 0 saturated carbocycles. The van der Waals surface area contributed by atoms with Crippen LogP contribution < -0.4 is 4.74 Å². The molecule has 2 nitrogen and oxygen atoms in total. The summed E-state index contributed by atoms with van der Waals surface area (Å²) in [5, 5.41) is 0. The van der Waals surface area contributed by atoms with E-state index in [0.717, 1.165) is 35.3 Å². The number of nitrogens with zero attached hydrogens (tertiary/aromatic N) is 1. The van der Waals surface area contributed by atoms with Crippen molar-refractivity contribution in [1.82, 2.24) is 0 Å². The summed E-state index contributed by atoms with van der Waals surface area (Å²) in [5.41, 5.74) is 2.75. The van der Waals surface area contributed by atoms with Gasteiger partial charge in [-0.1, -0.05) is 30.8 Å². The summed E-state index contributed by atoms with van der Waals surface area (Å²) in [6, 6.07) is 12.8. The normalized spacial score (nSPS) is 16.7. The fourth-order valence-corrected chi connectivity index (χ4v) is 2.79. The average molecular weight is 295 g/mol. The quantitative estimate of drug-likeness (QED) is 0.584. The lowest BCUT2D eigenvalue weighted by Crippen LogP contribution is -1.95. The Bertz CT molecular complexity index is 736. The highest BCUT2D eigenvalue weighted by atomic mass is 19.1. The van der Waals surface area contributed by atoms with Crippen LogP contribution in [0.5, 0.6) is 5.75 Å². The standard InChI is InChI=1S/C19H18FNO/c1-13(2)22-16-7-3-5-14(11-16)12-21-18-10-9-15-6-4-8-17(20)19(15)18/h3-8,11-12,18H,1,9-10H2,2H3/t18-/m1/s1. The van der Waals surface area contributed by atoms with Crippen LogP contribution in [-0.4, -0.2) is 6.21 Å². The molecule has 0 saturated heterocycles. The van der Waals surface area contributed by atoms with Crippen molar-refractivity contribution in [2.45, 2.75) is 25.8 Å². The zero-order chi connectivity index (χ0) is 15.5. The van der Waals surface area contributed by atoms with Crippen LogP contribution >= 0.6 is 0 Å². The van der Waals surface area contributed by atoms with Gasteiger partial charge in [0, 0.05) is 11.8 Å². The fourth-order valence-electron chi connectivity index (χ4n) is 2.79. The maximum atomic E-state index is 14.0. The molecule has 112 valence electrons. The first kappa shape index (κ1) is 14.5. The van der Waals surface area contributed by atoms with Crippen LogP contribution in [0, 0.1) is 5.82 Å². The van der Waals surface area contributed by atoms with Gasteiger partial charge in [0.1, 0.15) is 11.6 Å². The van der Waals surface area contributed by atoms with Gasteiger partial charge in [-0.05, 0) is 49.1 Å². The number of allylic oxidation sites excluding steroid dienone is 1. The van der Waals surface area contributed by atoms with Crippen LogP contribution in [0.2, 0.25) is 0 Å². The molecule has 0 unspecified atom stereocenters. The molecule has 0 N–H and O–H groups in total. The van der Waals surface area contributed by atoms with Crippen LogP contribution in [0.1, 0.15) is 36.1 Å². The fraction of sp³-hybridized carbons (Fsp3) is 0.211. The minimum absolute atomic E-state index is 0.0954. The molecule has 3 rings (SSSR count). The first-order chi connectivity index (χ1) is 10.6. The Morgan fingerprint density at radius 2 is 2.14 bits per heavy atom. The molecular weight excluding hydrogens is 277 g/mol. The molecule has 3 heteroatoms. The van der Waals surface area contributed by atoms with Crippen molar-refractivity contribution >= 4 is 6.21 Å². The summed E-state index contributed by atoms with van der Waals surface area (Å²) in [6.07, 6.45) is 3.53. The highest BCUT2D eigenvalue weighted by Crippen LogP contribution is 2.35. The molecule has 0 bridgehead atoms. The molecule has 2 aromatic carbocycles. The molecule has 0 radical (unpaired) electrons. The van der Waals surface area contributed by atoms with E-state index >= 15 is 0 Å². The zero-order valence-electron chi connectivity index (χ0n) is 12.6. The third kappa shape index (κ3) is 3.08. The Morgan fingerprint density at radius 1 is 1.32 bits per heavy atom. The van der Waals surface area contributed by atoms with E-state index in [0.29, 0.717) is 5.76 Å². The SMILES string of the molecule is C=C(C)Oc1cccc(C=N[C@@H]2CCc3cccc(F)c32)c1. The molecule has 0 amide bonds. The monoisotopic (exact) mass is 295 g/mol. The zero-order valence-corrected chi connectivity index (χ0v) is 12.6. The lowest BCUT2D eigenvalue weighted by molar-refractivity contribution is 0.430. The number of ether oxygens (including phenoxy) is 1. The second-order valence-corrected chi connectivity index (χ2v) is 5.52. The third-order valence-corrected chi connectivity index (χ3v) is 3.72. The lowest BCUT2D eigenvalue weighted by Gasteiger charge is -2.08. The van der Waals surface area contributed by atoms with Crippen LogP contribution in [0.4, 0.5) is 4.39 Å². The minimum Gasteiger partial charge on any atom is -0.463 e. The van der Waals surface area contributed by atoms with Gasteiger partial charge in [-0.25, -0.2) is 4.39 Å². The molecule has 2 aromatic rings. The predicted molar refractivity (Wildman–Crippen MR) is 86.9 cm³/mol. The number of fused-ring (bicyclic) bond motifs is 1. The Hall–Kier alpha value is -2.42. The number of halogens is 1. The first-order valence-electron chi connectivity index (χ1n) is 7.37. The van der Waals surface area contributed by atoms with E-state index in [4.69, 9.17) is 4.74 Å². The summed E-state index contributed by atoms with van der Waals surface area (Å²) in [6.45, 7) is 5.53. The Morgan fingerprint density at radius 3 is 2.95 bits per heavy atom. The number of aryl methyl sites for hydroxylation is 1. The topological polar surface area (TPSA) is 21.6 Å². The second kappa shape index (κ2) is 6.14.